The predicted molar refractivity (Wildman–Crippen MR) is 101 cm³/mol. The van der Waals surface area contributed by atoms with Gasteiger partial charge in [0.15, 0.2) is 0 Å². The third-order valence-electron chi connectivity index (χ3n) is 5.50. The standard InChI is InChI=1S/C20H41NO3/c1-8-17-15-18(16-21(17)7)24-20(6,9-2)12-14-23-19(4,5)11-13-22-10-3/h17-18H,8-16H2,1-7H3/t17-,18-,20?/m1/s1. The number of ether oxygens (including phenoxy) is 3. The highest BCUT2D eigenvalue weighted by atomic mass is 16.5. The second-order valence-corrected chi connectivity index (χ2v) is 8.09. The molecule has 0 spiro atoms. The minimum Gasteiger partial charge on any atom is -0.382 e. The van der Waals surface area contributed by atoms with Crippen molar-refractivity contribution in [1.82, 2.24) is 4.90 Å². The van der Waals surface area contributed by atoms with Gasteiger partial charge in [-0.2, -0.15) is 0 Å². The lowest BCUT2D eigenvalue weighted by Crippen LogP contribution is -2.37. The molecule has 0 radical (unpaired) electrons. The molecule has 1 aliphatic heterocycles. The largest absolute Gasteiger partial charge is 0.382 e. The summed E-state index contributed by atoms with van der Waals surface area (Å²) in [5.74, 6) is 0. The minimum absolute atomic E-state index is 0.0931. The van der Waals surface area contributed by atoms with Gasteiger partial charge in [-0.15, -0.1) is 0 Å². The van der Waals surface area contributed by atoms with Crippen LogP contribution in [0.15, 0.2) is 0 Å². The maximum absolute atomic E-state index is 6.52. The van der Waals surface area contributed by atoms with Gasteiger partial charge in [0.2, 0.25) is 0 Å². The highest BCUT2D eigenvalue weighted by molar-refractivity contribution is 4.86. The van der Waals surface area contributed by atoms with Crippen molar-refractivity contribution in [2.75, 3.05) is 33.4 Å². The summed E-state index contributed by atoms with van der Waals surface area (Å²) in [5, 5.41) is 0. The van der Waals surface area contributed by atoms with Crippen LogP contribution in [0.25, 0.3) is 0 Å². The van der Waals surface area contributed by atoms with Crippen molar-refractivity contribution in [2.45, 2.75) is 97.0 Å². The van der Waals surface area contributed by atoms with E-state index in [1.807, 2.05) is 6.92 Å². The Balaban J connectivity index is 2.39. The highest BCUT2D eigenvalue weighted by Crippen LogP contribution is 2.29. The van der Waals surface area contributed by atoms with Crippen LogP contribution in [-0.4, -0.2) is 61.7 Å². The van der Waals surface area contributed by atoms with Crippen molar-refractivity contribution >= 4 is 0 Å². The Morgan fingerprint density at radius 1 is 1.04 bits per heavy atom. The molecule has 0 bridgehead atoms. The van der Waals surface area contributed by atoms with Crippen LogP contribution in [0.3, 0.4) is 0 Å². The molecule has 1 aliphatic rings. The van der Waals surface area contributed by atoms with Crippen LogP contribution < -0.4 is 0 Å². The average Bonchev–Trinajstić information content (AvgIpc) is 2.86. The summed E-state index contributed by atoms with van der Waals surface area (Å²) in [6.45, 7) is 16.4. The van der Waals surface area contributed by atoms with E-state index in [0.717, 1.165) is 52.0 Å². The van der Waals surface area contributed by atoms with Crippen LogP contribution in [-0.2, 0) is 14.2 Å². The van der Waals surface area contributed by atoms with Gasteiger partial charge in [-0.25, -0.2) is 0 Å². The zero-order valence-corrected chi connectivity index (χ0v) is 17.2. The molecule has 0 amide bonds. The van der Waals surface area contributed by atoms with Crippen LogP contribution in [0.1, 0.15) is 73.6 Å². The number of rotatable bonds is 12. The fourth-order valence-corrected chi connectivity index (χ4v) is 3.39. The first-order valence-electron chi connectivity index (χ1n) is 9.85. The molecule has 1 rings (SSSR count). The molecule has 1 fully saturated rings. The second-order valence-electron chi connectivity index (χ2n) is 8.09. The van der Waals surface area contributed by atoms with Crippen molar-refractivity contribution in [2.24, 2.45) is 0 Å². The van der Waals surface area contributed by atoms with Crippen LogP contribution in [0.5, 0.6) is 0 Å². The number of nitrogens with zero attached hydrogens (tertiary/aromatic N) is 1. The van der Waals surface area contributed by atoms with E-state index in [1.165, 1.54) is 6.42 Å². The van der Waals surface area contributed by atoms with Crippen LogP contribution >= 0.6 is 0 Å². The van der Waals surface area contributed by atoms with Gasteiger partial charge < -0.3 is 19.1 Å². The molecular weight excluding hydrogens is 302 g/mol. The van der Waals surface area contributed by atoms with Crippen molar-refractivity contribution in [3.05, 3.63) is 0 Å². The highest BCUT2D eigenvalue weighted by Gasteiger charge is 2.34. The summed E-state index contributed by atoms with van der Waals surface area (Å²) in [4.78, 5) is 2.44. The molecule has 0 aromatic rings. The molecule has 144 valence electrons. The van der Waals surface area contributed by atoms with Crippen molar-refractivity contribution < 1.29 is 14.2 Å². The van der Waals surface area contributed by atoms with E-state index in [2.05, 4.69) is 46.6 Å². The zero-order valence-electron chi connectivity index (χ0n) is 17.2. The van der Waals surface area contributed by atoms with Crippen molar-refractivity contribution in [3.63, 3.8) is 0 Å². The maximum Gasteiger partial charge on any atom is 0.0724 e. The molecule has 4 nitrogen and oxygen atoms in total. The van der Waals surface area contributed by atoms with E-state index >= 15 is 0 Å². The molecule has 1 heterocycles. The Hall–Kier alpha value is -0.160. The maximum atomic E-state index is 6.52. The quantitative estimate of drug-likeness (QED) is 0.495. The molecule has 0 aromatic heterocycles. The lowest BCUT2D eigenvalue weighted by Gasteiger charge is -2.34. The second kappa shape index (κ2) is 10.1. The molecule has 1 saturated heterocycles. The van der Waals surface area contributed by atoms with E-state index in [9.17, 15) is 0 Å². The van der Waals surface area contributed by atoms with Gasteiger partial charge in [0.05, 0.1) is 23.9 Å². The Bertz CT molecular complexity index is 348. The van der Waals surface area contributed by atoms with Crippen LogP contribution in [0.2, 0.25) is 0 Å². The molecule has 4 heteroatoms. The summed E-state index contributed by atoms with van der Waals surface area (Å²) < 4.78 is 18.1. The number of likely N-dealkylation sites (N-methyl/N-ethyl adjacent to an activating group) is 1. The van der Waals surface area contributed by atoms with Gasteiger partial charge in [0, 0.05) is 25.8 Å². The molecule has 0 N–H and O–H groups in total. The smallest absolute Gasteiger partial charge is 0.0724 e. The number of likely N-dealkylation sites (tertiary alicyclic amines) is 1. The topological polar surface area (TPSA) is 30.9 Å². The van der Waals surface area contributed by atoms with Gasteiger partial charge in [-0.3, -0.25) is 0 Å². The average molecular weight is 344 g/mol. The summed E-state index contributed by atoms with van der Waals surface area (Å²) in [7, 11) is 2.21. The van der Waals surface area contributed by atoms with E-state index < -0.39 is 0 Å². The Labute approximate surface area is 150 Å². The monoisotopic (exact) mass is 343 g/mol. The molecule has 0 aromatic carbocycles. The van der Waals surface area contributed by atoms with Gasteiger partial charge >= 0.3 is 0 Å². The summed E-state index contributed by atoms with van der Waals surface area (Å²) in [6, 6.07) is 0.671. The summed E-state index contributed by atoms with van der Waals surface area (Å²) in [5.41, 5.74) is -0.227. The molecule has 0 aliphatic carbocycles. The number of hydrogen-bond donors (Lipinski definition) is 0. The molecular formula is C20H41NO3. The zero-order chi connectivity index (χ0) is 18.2. The van der Waals surface area contributed by atoms with Crippen LogP contribution in [0, 0.1) is 0 Å². The van der Waals surface area contributed by atoms with Crippen LogP contribution in [0.4, 0.5) is 0 Å². The van der Waals surface area contributed by atoms with Gasteiger partial charge in [0.1, 0.15) is 0 Å². The molecule has 0 saturated carbocycles. The fourth-order valence-electron chi connectivity index (χ4n) is 3.39. The summed E-state index contributed by atoms with van der Waals surface area (Å²) in [6.07, 6.45) is 5.61. The van der Waals surface area contributed by atoms with E-state index in [4.69, 9.17) is 14.2 Å². The molecule has 1 unspecified atom stereocenters. The van der Waals surface area contributed by atoms with Gasteiger partial charge in [-0.05, 0) is 66.8 Å². The molecule has 3 atom stereocenters. The SMILES string of the molecule is CCOCCC(C)(C)OCCC(C)(CC)O[C@@H]1C[C@@H](CC)N(C)C1. The fraction of sp³-hybridized carbons (Fsp3) is 1.00. The minimum atomic E-state index is -0.134. The normalized spacial score (nSPS) is 25.1. The van der Waals surface area contributed by atoms with E-state index in [0.29, 0.717) is 12.1 Å². The lowest BCUT2D eigenvalue weighted by atomic mass is 9.98. The molecule has 24 heavy (non-hydrogen) atoms. The third-order valence-corrected chi connectivity index (χ3v) is 5.50. The third kappa shape index (κ3) is 7.38. The van der Waals surface area contributed by atoms with Gasteiger partial charge in [-0.1, -0.05) is 13.8 Å². The van der Waals surface area contributed by atoms with Crippen molar-refractivity contribution in [1.29, 1.82) is 0 Å². The van der Waals surface area contributed by atoms with E-state index in [-0.39, 0.29) is 11.2 Å². The van der Waals surface area contributed by atoms with E-state index in [1.54, 1.807) is 0 Å². The van der Waals surface area contributed by atoms with Gasteiger partial charge in [0.25, 0.3) is 0 Å². The lowest BCUT2D eigenvalue weighted by molar-refractivity contribution is -0.112. The Kier molecular flexibility index (Phi) is 9.21. The number of hydrogen-bond acceptors (Lipinski definition) is 4. The Morgan fingerprint density at radius 2 is 1.75 bits per heavy atom. The summed E-state index contributed by atoms with van der Waals surface area (Å²) >= 11 is 0. The first kappa shape index (κ1) is 21.9. The first-order chi connectivity index (χ1) is 11.2. The van der Waals surface area contributed by atoms with Crippen molar-refractivity contribution in [3.8, 4) is 0 Å². The predicted octanol–water partition coefficient (Wildman–Crippen LogP) is 4.27. The Morgan fingerprint density at radius 3 is 2.29 bits per heavy atom. The first-order valence-corrected chi connectivity index (χ1v) is 9.85.